The minimum Gasteiger partial charge on any atom is -0.458 e. The van der Waals surface area contributed by atoms with Gasteiger partial charge in [0, 0.05) is 34.1 Å². The van der Waals surface area contributed by atoms with E-state index in [4.69, 9.17) is 4.74 Å². The Morgan fingerprint density at radius 3 is 1.48 bits per heavy atom. The predicted octanol–water partition coefficient (Wildman–Crippen LogP) is 9.83. The van der Waals surface area contributed by atoms with Crippen LogP contribution in [0, 0.1) is 0 Å². The van der Waals surface area contributed by atoms with Crippen LogP contribution in [0.15, 0.2) is 176 Å². The molecule has 4 aliphatic rings. The van der Waals surface area contributed by atoms with Crippen LogP contribution in [0.5, 0.6) is 11.5 Å². The summed E-state index contributed by atoms with van der Waals surface area (Å²) >= 11 is 0. The van der Waals surface area contributed by atoms with Crippen LogP contribution in [0.4, 0.5) is 34.1 Å². The number of hydrogen-bond acceptors (Lipinski definition) is 3. The summed E-state index contributed by atoms with van der Waals surface area (Å²) in [6.45, 7) is 13.7. The molecule has 0 unspecified atom stereocenters. The number of para-hydroxylation sites is 3. The van der Waals surface area contributed by atoms with Crippen molar-refractivity contribution in [2.45, 2.75) is 52.4 Å². The van der Waals surface area contributed by atoms with E-state index in [9.17, 15) is 0 Å². The Labute approximate surface area is 361 Å². The third kappa shape index (κ3) is 4.98. The quantitative estimate of drug-likeness (QED) is 0.162. The van der Waals surface area contributed by atoms with E-state index in [-0.39, 0.29) is 17.5 Å². The number of fused-ring (bicyclic) bond motifs is 14. The zero-order chi connectivity index (χ0) is 41.4. The summed E-state index contributed by atoms with van der Waals surface area (Å²) in [5, 5.41) is 5.52. The summed E-state index contributed by atoms with van der Waals surface area (Å²) in [6.07, 6.45) is 0. The predicted molar refractivity (Wildman–Crippen MR) is 261 cm³/mol. The van der Waals surface area contributed by atoms with Crippen molar-refractivity contribution in [3.05, 3.63) is 187 Å². The van der Waals surface area contributed by atoms with Gasteiger partial charge in [0.2, 0.25) is 0 Å². The Morgan fingerprint density at radius 2 is 0.885 bits per heavy atom. The fourth-order valence-corrected chi connectivity index (χ4v) is 16.5. The molecular weight excluding hydrogens is 756 g/mol. The highest BCUT2D eigenvalue weighted by atomic mass is 28.3. The van der Waals surface area contributed by atoms with Crippen molar-refractivity contribution >= 4 is 86.0 Å². The van der Waals surface area contributed by atoms with Gasteiger partial charge in [-0.25, -0.2) is 0 Å². The topological polar surface area (TPSA) is 15.7 Å². The Kier molecular flexibility index (Phi) is 7.58. The molecule has 4 heterocycles. The van der Waals surface area contributed by atoms with Crippen LogP contribution in [0.3, 0.4) is 0 Å². The molecule has 0 aliphatic carbocycles. The molecule has 0 bridgehead atoms. The lowest BCUT2D eigenvalue weighted by atomic mass is 9.32. The van der Waals surface area contributed by atoms with Crippen LogP contribution in [0.25, 0.3) is 11.1 Å². The Morgan fingerprint density at radius 1 is 0.410 bits per heavy atom. The molecule has 8 aromatic rings. The third-order valence-electron chi connectivity index (χ3n) is 13.9. The first kappa shape index (κ1) is 36.3. The van der Waals surface area contributed by atoms with Gasteiger partial charge < -0.3 is 14.5 Å². The highest BCUT2D eigenvalue weighted by molar-refractivity contribution is 7.23. The number of anilines is 6. The first-order valence-electron chi connectivity index (χ1n) is 21.7. The largest absolute Gasteiger partial charge is 0.458 e. The van der Waals surface area contributed by atoms with E-state index in [1.807, 2.05) is 0 Å². The zero-order valence-corrected chi connectivity index (χ0v) is 36.6. The molecule has 4 aliphatic heterocycles. The summed E-state index contributed by atoms with van der Waals surface area (Å²) in [5.74, 6) is 1.94. The summed E-state index contributed by atoms with van der Waals surface area (Å²) in [6, 6.07) is 66.7. The maximum absolute atomic E-state index is 6.78. The average Bonchev–Trinajstić information content (AvgIpc) is 3.56. The molecule has 0 amide bonds. The molecule has 0 saturated heterocycles. The molecule has 0 aromatic heterocycles. The van der Waals surface area contributed by atoms with Gasteiger partial charge in [-0.1, -0.05) is 157 Å². The van der Waals surface area contributed by atoms with Gasteiger partial charge in [0.05, 0.1) is 0 Å². The van der Waals surface area contributed by atoms with E-state index in [2.05, 4.69) is 227 Å². The van der Waals surface area contributed by atoms with Gasteiger partial charge in [-0.05, 0) is 131 Å². The van der Waals surface area contributed by atoms with Crippen molar-refractivity contribution in [2.24, 2.45) is 0 Å². The van der Waals surface area contributed by atoms with E-state index < -0.39 is 8.07 Å². The second kappa shape index (κ2) is 12.7. The second-order valence-electron chi connectivity index (χ2n) is 19.3. The van der Waals surface area contributed by atoms with Gasteiger partial charge >= 0.3 is 0 Å². The molecule has 1 spiro atoms. The normalized spacial score (nSPS) is 14.9. The van der Waals surface area contributed by atoms with Crippen molar-refractivity contribution < 1.29 is 4.74 Å². The summed E-state index contributed by atoms with van der Waals surface area (Å²) < 4.78 is 6.78. The Bertz CT molecular complexity index is 3040. The van der Waals surface area contributed by atoms with Gasteiger partial charge in [-0.2, -0.15) is 0 Å². The van der Waals surface area contributed by atoms with Crippen LogP contribution in [-0.4, -0.2) is 14.8 Å². The molecule has 5 heteroatoms. The molecule has 8 aromatic carbocycles. The van der Waals surface area contributed by atoms with E-state index in [1.54, 1.807) is 0 Å². The summed E-state index contributed by atoms with van der Waals surface area (Å²) in [4.78, 5) is 5.08. The highest BCUT2D eigenvalue weighted by Crippen LogP contribution is 2.47. The molecule has 0 radical (unpaired) electrons. The SMILES string of the molecule is CC(C)(C)c1ccc(N2c3ccccc3B3c4c2cccc4N(c2ccc(C(C)(C)C)cc2)c2ccc4c(c23)-c2ccccc2[Si]42c3ccccc3Oc3ccccc32)cc1. The average molecular weight is 803 g/mol. The molecule has 294 valence electrons. The van der Waals surface area contributed by atoms with Gasteiger partial charge in [0.1, 0.15) is 11.5 Å². The summed E-state index contributed by atoms with van der Waals surface area (Å²) in [5.41, 5.74) is 16.8. The van der Waals surface area contributed by atoms with Gasteiger partial charge in [0.15, 0.2) is 8.07 Å². The molecule has 0 saturated carbocycles. The number of rotatable bonds is 2. The fraction of sp³-hybridized carbons (Fsp3) is 0.143. The monoisotopic (exact) mass is 802 g/mol. The first-order chi connectivity index (χ1) is 29.5. The fourth-order valence-electron chi connectivity index (χ4n) is 11.1. The number of benzene rings is 8. The first-order valence-corrected chi connectivity index (χ1v) is 23.7. The van der Waals surface area contributed by atoms with Gasteiger partial charge in [0.25, 0.3) is 6.71 Å². The molecule has 0 atom stereocenters. The maximum Gasteiger partial charge on any atom is 0.252 e. The lowest BCUT2D eigenvalue weighted by molar-refractivity contribution is 0.487. The summed E-state index contributed by atoms with van der Waals surface area (Å²) in [7, 11) is -2.85. The van der Waals surface area contributed by atoms with E-state index >= 15 is 0 Å². The number of hydrogen-bond donors (Lipinski definition) is 0. The van der Waals surface area contributed by atoms with Crippen LogP contribution in [-0.2, 0) is 10.8 Å². The standard InChI is InChI=1S/C56H47BN2OSi/c1-55(2,3)36-26-30-38(31-27-36)58-42-18-9-8-17-41(42)57-53-43(58)19-15-20-44(53)59(39-32-28-37(29-33-39)56(4,5)6)45-34-35-51-52(54(45)57)40-16-7-12-23-48(40)61(51)49-24-13-10-21-46(49)60-47-22-11-14-25-50(47)61/h7-35H,1-6H3. The molecule has 0 N–H and O–H groups in total. The van der Waals surface area contributed by atoms with Crippen molar-refractivity contribution in [1.82, 2.24) is 0 Å². The van der Waals surface area contributed by atoms with Crippen LogP contribution < -0.4 is 51.7 Å². The van der Waals surface area contributed by atoms with Gasteiger partial charge in [-0.3, -0.25) is 0 Å². The minimum absolute atomic E-state index is 0.00918. The second-order valence-corrected chi connectivity index (χ2v) is 22.9. The smallest absolute Gasteiger partial charge is 0.252 e. The van der Waals surface area contributed by atoms with Crippen molar-refractivity contribution in [3.63, 3.8) is 0 Å². The van der Waals surface area contributed by atoms with E-state index in [0.717, 1.165) is 11.5 Å². The van der Waals surface area contributed by atoms with E-state index in [1.165, 1.54) is 93.5 Å². The third-order valence-corrected chi connectivity index (χ3v) is 18.8. The van der Waals surface area contributed by atoms with Crippen molar-refractivity contribution in [2.75, 3.05) is 9.80 Å². The number of nitrogens with zero attached hydrogens (tertiary/aromatic N) is 2. The van der Waals surface area contributed by atoms with Crippen LogP contribution in [0.1, 0.15) is 52.7 Å². The lowest BCUT2D eigenvalue weighted by Gasteiger charge is -2.45. The van der Waals surface area contributed by atoms with Gasteiger partial charge in [-0.15, -0.1) is 0 Å². The number of ether oxygens (including phenoxy) is 1. The molecule has 0 fully saturated rings. The molecular formula is C56H47BN2OSi. The molecule has 3 nitrogen and oxygen atoms in total. The van der Waals surface area contributed by atoms with Crippen LogP contribution in [0.2, 0.25) is 0 Å². The maximum atomic E-state index is 6.78. The van der Waals surface area contributed by atoms with E-state index in [0.29, 0.717) is 0 Å². The zero-order valence-electron chi connectivity index (χ0n) is 35.6. The lowest BCUT2D eigenvalue weighted by Crippen LogP contribution is -2.74. The minimum atomic E-state index is -2.85. The van der Waals surface area contributed by atoms with Crippen LogP contribution >= 0.6 is 0 Å². The Hall–Kier alpha value is -6.56. The highest BCUT2D eigenvalue weighted by Gasteiger charge is 2.56. The Balaban J connectivity index is 1.20. The molecule has 61 heavy (non-hydrogen) atoms. The van der Waals surface area contributed by atoms with Crippen molar-refractivity contribution in [3.8, 4) is 22.6 Å². The molecule has 12 rings (SSSR count). The van der Waals surface area contributed by atoms with Crippen molar-refractivity contribution in [1.29, 1.82) is 0 Å².